The van der Waals surface area contributed by atoms with Crippen molar-refractivity contribution in [3.63, 3.8) is 0 Å². The number of carbonyl (C=O) groups excluding carboxylic acids is 1. The highest BCUT2D eigenvalue weighted by Crippen LogP contribution is 2.26. The topological polar surface area (TPSA) is 55.1 Å². The summed E-state index contributed by atoms with van der Waals surface area (Å²) in [5.74, 6) is -0.392. The smallest absolute Gasteiger partial charge is 0.227 e. The largest absolute Gasteiger partial charge is 0.328 e. The summed E-state index contributed by atoms with van der Waals surface area (Å²) in [6.07, 6.45) is 2.45. The second kappa shape index (κ2) is 6.50. The van der Waals surface area contributed by atoms with E-state index in [1.54, 1.807) is 12.1 Å². The molecule has 1 fully saturated rings. The minimum atomic E-state index is -0.342. The molecular formula is C12H15BrClFN2O. The number of rotatable bonds is 2. The van der Waals surface area contributed by atoms with Gasteiger partial charge in [-0.15, -0.1) is 12.4 Å². The number of hydrogen-bond donors (Lipinski definition) is 2. The lowest BCUT2D eigenvalue weighted by atomic mass is 10.1. The Bertz CT molecular complexity index is 444. The number of carbonyl (C=O) groups is 1. The molecule has 1 aromatic carbocycles. The second-order valence-corrected chi connectivity index (χ2v) is 5.24. The molecule has 1 aromatic rings. The Morgan fingerprint density at radius 1 is 1.44 bits per heavy atom. The van der Waals surface area contributed by atoms with Crippen molar-refractivity contribution in [1.29, 1.82) is 0 Å². The van der Waals surface area contributed by atoms with Crippen LogP contribution in [0.2, 0.25) is 0 Å². The van der Waals surface area contributed by atoms with Crippen molar-refractivity contribution in [2.45, 2.75) is 25.3 Å². The molecular weight excluding hydrogens is 322 g/mol. The Kier molecular flexibility index (Phi) is 5.56. The minimum Gasteiger partial charge on any atom is -0.328 e. The van der Waals surface area contributed by atoms with E-state index in [1.165, 1.54) is 6.07 Å². The maximum absolute atomic E-state index is 13.0. The molecule has 0 radical (unpaired) electrons. The van der Waals surface area contributed by atoms with Crippen LogP contribution in [0, 0.1) is 11.7 Å². The quantitative estimate of drug-likeness (QED) is 0.871. The van der Waals surface area contributed by atoms with Crippen LogP contribution in [0.5, 0.6) is 0 Å². The summed E-state index contributed by atoms with van der Waals surface area (Å²) in [5, 5.41) is 2.78. The van der Waals surface area contributed by atoms with Gasteiger partial charge in [-0.05, 0) is 53.4 Å². The van der Waals surface area contributed by atoms with E-state index in [-0.39, 0.29) is 36.1 Å². The number of amides is 1. The Labute approximate surface area is 120 Å². The molecule has 1 aliphatic carbocycles. The number of nitrogens with two attached hydrogens (primary N) is 1. The van der Waals surface area contributed by atoms with Gasteiger partial charge >= 0.3 is 0 Å². The molecule has 0 heterocycles. The summed E-state index contributed by atoms with van der Waals surface area (Å²) in [7, 11) is 0. The molecule has 2 rings (SSSR count). The van der Waals surface area contributed by atoms with Crippen LogP contribution in [-0.4, -0.2) is 11.9 Å². The molecule has 0 aliphatic heterocycles. The standard InChI is InChI=1S/C12H14BrFN2O.ClH/c13-10-6-9(3-4-11(10)14)16-12(17)7-1-2-8(15)5-7;/h3-4,6-8H,1-2,5,15H2,(H,16,17);1H. The number of hydrogen-bond acceptors (Lipinski definition) is 2. The first-order valence-corrected chi connectivity index (χ1v) is 6.37. The highest BCUT2D eigenvalue weighted by atomic mass is 79.9. The monoisotopic (exact) mass is 336 g/mol. The van der Waals surface area contributed by atoms with E-state index in [4.69, 9.17) is 5.73 Å². The lowest BCUT2D eigenvalue weighted by molar-refractivity contribution is -0.119. The SMILES string of the molecule is Cl.NC1CCC(C(=O)Nc2ccc(F)c(Br)c2)C1. The van der Waals surface area contributed by atoms with Gasteiger partial charge in [0.1, 0.15) is 5.82 Å². The normalized spacial score (nSPS) is 22.4. The third kappa shape index (κ3) is 3.67. The van der Waals surface area contributed by atoms with Crippen molar-refractivity contribution in [2.75, 3.05) is 5.32 Å². The molecule has 1 aliphatic rings. The third-order valence-electron chi connectivity index (χ3n) is 3.03. The van der Waals surface area contributed by atoms with E-state index in [9.17, 15) is 9.18 Å². The summed E-state index contributed by atoms with van der Waals surface area (Å²) in [6, 6.07) is 4.56. The fourth-order valence-corrected chi connectivity index (χ4v) is 2.45. The van der Waals surface area contributed by atoms with Crippen molar-refractivity contribution in [3.8, 4) is 0 Å². The molecule has 100 valence electrons. The Hall–Kier alpha value is -0.650. The fourth-order valence-electron chi connectivity index (χ4n) is 2.07. The highest BCUT2D eigenvalue weighted by molar-refractivity contribution is 9.10. The molecule has 0 saturated heterocycles. The maximum Gasteiger partial charge on any atom is 0.227 e. The van der Waals surface area contributed by atoms with Crippen LogP contribution in [0.3, 0.4) is 0 Å². The molecule has 2 unspecified atom stereocenters. The van der Waals surface area contributed by atoms with Crippen LogP contribution in [0.4, 0.5) is 10.1 Å². The summed E-state index contributed by atoms with van der Waals surface area (Å²) in [4.78, 5) is 11.9. The molecule has 1 saturated carbocycles. The van der Waals surface area contributed by atoms with Gasteiger partial charge in [-0.25, -0.2) is 4.39 Å². The molecule has 3 N–H and O–H groups in total. The predicted octanol–water partition coefficient (Wildman–Crippen LogP) is 3.08. The zero-order valence-electron chi connectivity index (χ0n) is 9.66. The Morgan fingerprint density at radius 3 is 2.72 bits per heavy atom. The van der Waals surface area contributed by atoms with Gasteiger partial charge < -0.3 is 11.1 Å². The van der Waals surface area contributed by atoms with E-state index >= 15 is 0 Å². The van der Waals surface area contributed by atoms with E-state index in [0.29, 0.717) is 10.2 Å². The van der Waals surface area contributed by atoms with E-state index in [1.807, 2.05) is 0 Å². The highest BCUT2D eigenvalue weighted by Gasteiger charge is 2.27. The van der Waals surface area contributed by atoms with Crippen molar-refractivity contribution in [3.05, 3.63) is 28.5 Å². The summed E-state index contributed by atoms with van der Waals surface area (Å²) in [6.45, 7) is 0. The van der Waals surface area contributed by atoms with Crippen molar-refractivity contribution in [2.24, 2.45) is 11.7 Å². The number of anilines is 1. The van der Waals surface area contributed by atoms with E-state index < -0.39 is 0 Å². The minimum absolute atomic E-state index is 0. The Morgan fingerprint density at radius 2 is 2.17 bits per heavy atom. The molecule has 18 heavy (non-hydrogen) atoms. The first kappa shape index (κ1) is 15.4. The fraction of sp³-hybridized carbons (Fsp3) is 0.417. The molecule has 0 bridgehead atoms. The van der Waals surface area contributed by atoms with Gasteiger partial charge in [0.15, 0.2) is 0 Å². The van der Waals surface area contributed by atoms with Crippen LogP contribution >= 0.6 is 28.3 Å². The van der Waals surface area contributed by atoms with Crippen LogP contribution in [0.1, 0.15) is 19.3 Å². The number of nitrogens with one attached hydrogen (secondary N) is 1. The van der Waals surface area contributed by atoms with E-state index in [0.717, 1.165) is 19.3 Å². The van der Waals surface area contributed by atoms with Crippen LogP contribution in [-0.2, 0) is 4.79 Å². The summed E-state index contributed by atoms with van der Waals surface area (Å²) < 4.78 is 13.4. The van der Waals surface area contributed by atoms with Crippen LogP contribution < -0.4 is 11.1 Å². The van der Waals surface area contributed by atoms with Crippen LogP contribution in [0.15, 0.2) is 22.7 Å². The van der Waals surface area contributed by atoms with Gasteiger partial charge in [0.2, 0.25) is 5.91 Å². The van der Waals surface area contributed by atoms with Gasteiger partial charge in [-0.1, -0.05) is 0 Å². The first-order valence-electron chi connectivity index (χ1n) is 5.58. The van der Waals surface area contributed by atoms with Gasteiger partial charge in [0, 0.05) is 17.6 Å². The molecule has 0 spiro atoms. The number of benzene rings is 1. The van der Waals surface area contributed by atoms with Crippen molar-refractivity contribution >= 4 is 39.9 Å². The summed E-state index contributed by atoms with van der Waals surface area (Å²) in [5.41, 5.74) is 6.36. The summed E-state index contributed by atoms with van der Waals surface area (Å²) >= 11 is 3.08. The maximum atomic E-state index is 13.0. The molecule has 0 aromatic heterocycles. The second-order valence-electron chi connectivity index (χ2n) is 4.39. The van der Waals surface area contributed by atoms with E-state index in [2.05, 4.69) is 21.2 Å². The molecule has 1 amide bonds. The predicted molar refractivity (Wildman–Crippen MR) is 75.3 cm³/mol. The first-order chi connectivity index (χ1) is 8.06. The van der Waals surface area contributed by atoms with Crippen molar-refractivity contribution < 1.29 is 9.18 Å². The van der Waals surface area contributed by atoms with Crippen molar-refractivity contribution in [1.82, 2.24) is 0 Å². The molecule has 6 heteroatoms. The van der Waals surface area contributed by atoms with Gasteiger partial charge in [0.25, 0.3) is 0 Å². The lowest BCUT2D eigenvalue weighted by Gasteiger charge is -2.11. The third-order valence-corrected chi connectivity index (χ3v) is 3.64. The molecule has 3 nitrogen and oxygen atoms in total. The zero-order chi connectivity index (χ0) is 12.4. The average Bonchev–Trinajstić information content (AvgIpc) is 2.70. The average molecular weight is 338 g/mol. The molecule has 2 atom stereocenters. The zero-order valence-corrected chi connectivity index (χ0v) is 12.1. The number of halogens is 3. The van der Waals surface area contributed by atoms with Gasteiger partial charge in [-0.3, -0.25) is 4.79 Å². The van der Waals surface area contributed by atoms with Gasteiger partial charge in [-0.2, -0.15) is 0 Å². The van der Waals surface area contributed by atoms with Crippen LogP contribution in [0.25, 0.3) is 0 Å². The van der Waals surface area contributed by atoms with Gasteiger partial charge in [0.05, 0.1) is 4.47 Å². The Balaban J connectivity index is 0.00000162. The lowest BCUT2D eigenvalue weighted by Crippen LogP contribution is -2.23.